The average molecular weight is 286 g/mol. The van der Waals surface area contributed by atoms with Crippen LogP contribution in [-0.4, -0.2) is 18.9 Å². The fraction of sp³-hybridized carbons (Fsp3) is 0.200. The first-order valence-corrected chi connectivity index (χ1v) is 5.40. The van der Waals surface area contributed by atoms with Crippen LogP contribution >= 0.6 is 15.9 Å². The van der Waals surface area contributed by atoms with Crippen molar-refractivity contribution < 1.29 is 9.18 Å². The summed E-state index contributed by atoms with van der Waals surface area (Å²) in [6, 6.07) is 3.61. The number of carbonyl (C=O) groups excluding carboxylic acids is 1. The maximum Gasteiger partial charge on any atom is 0.253 e. The van der Waals surface area contributed by atoms with E-state index in [0.29, 0.717) is 16.0 Å². The van der Waals surface area contributed by atoms with E-state index in [1.54, 1.807) is 13.1 Å². The standard InChI is InChI=1S/C10H9BrFN3O/c1-13-10-14-8(9(16)15-10)6-4-5(12)2-3-7(6)11/h2-4,8H,1H3,(H2,13,14,15,16). The summed E-state index contributed by atoms with van der Waals surface area (Å²) in [6.07, 6.45) is 0. The fourth-order valence-electron chi connectivity index (χ4n) is 1.50. The van der Waals surface area contributed by atoms with Crippen molar-refractivity contribution >= 4 is 27.8 Å². The summed E-state index contributed by atoms with van der Waals surface area (Å²) in [4.78, 5) is 15.4. The van der Waals surface area contributed by atoms with Gasteiger partial charge in [-0.25, -0.2) is 4.39 Å². The average Bonchev–Trinajstić information content (AvgIpc) is 2.63. The number of nitrogens with one attached hydrogen (secondary N) is 2. The summed E-state index contributed by atoms with van der Waals surface area (Å²) < 4.78 is 13.8. The Morgan fingerprint density at radius 2 is 2.25 bits per heavy atom. The largest absolute Gasteiger partial charge is 0.340 e. The molecule has 0 aromatic heterocycles. The van der Waals surface area contributed by atoms with E-state index in [-0.39, 0.29) is 11.7 Å². The van der Waals surface area contributed by atoms with Crippen molar-refractivity contribution in [1.82, 2.24) is 10.6 Å². The zero-order valence-corrected chi connectivity index (χ0v) is 10.0. The number of guanidine groups is 1. The minimum atomic E-state index is -0.608. The minimum absolute atomic E-state index is 0.244. The maximum absolute atomic E-state index is 13.1. The van der Waals surface area contributed by atoms with E-state index in [1.165, 1.54) is 12.1 Å². The molecule has 0 spiro atoms. The van der Waals surface area contributed by atoms with Crippen molar-refractivity contribution in [3.8, 4) is 0 Å². The van der Waals surface area contributed by atoms with Crippen LogP contribution in [0.4, 0.5) is 4.39 Å². The van der Waals surface area contributed by atoms with Crippen LogP contribution in [0.5, 0.6) is 0 Å². The van der Waals surface area contributed by atoms with Gasteiger partial charge in [0.15, 0.2) is 5.96 Å². The number of amides is 1. The first-order chi connectivity index (χ1) is 7.61. The molecule has 1 unspecified atom stereocenters. The second-order valence-corrected chi connectivity index (χ2v) is 4.16. The Morgan fingerprint density at radius 3 is 2.88 bits per heavy atom. The fourth-order valence-corrected chi connectivity index (χ4v) is 1.98. The molecule has 2 N–H and O–H groups in total. The van der Waals surface area contributed by atoms with Gasteiger partial charge in [0.2, 0.25) is 0 Å². The van der Waals surface area contributed by atoms with Crippen molar-refractivity contribution in [2.45, 2.75) is 6.04 Å². The van der Waals surface area contributed by atoms with E-state index in [9.17, 15) is 9.18 Å². The molecule has 1 heterocycles. The third-order valence-corrected chi connectivity index (χ3v) is 3.00. The third kappa shape index (κ3) is 1.92. The van der Waals surface area contributed by atoms with E-state index < -0.39 is 6.04 Å². The van der Waals surface area contributed by atoms with Gasteiger partial charge in [0.25, 0.3) is 5.91 Å². The summed E-state index contributed by atoms with van der Waals surface area (Å²) in [5.74, 6) is -0.229. The summed E-state index contributed by atoms with van der Waals surface area (Å²) in [5.41, 5.74) is 0.552. The van der Waals surface area contributed by atoms with Crippen molar-refractivity contribution in [1.29, 1.82) is 0 Å². The zero-order valence-electron chi connectivity index (χ0n) is 8.42. The molecule has 1 aromatic rings. The van der Waals surface area contributed by atoms with Gasteiger partial charge in [-0.05, 0) is 18.2 Å². The van der Waals surface area contributed by atoms with Crippen LogP contribution in [0.2, 0.25) is 0 Å². The van der Waals surface area contributed by atoms with Gasteiger partial charge in [-0.2, -0.15) is 0 Å². The van der Waals surface area contributed by atoms with Gasteiger partial charge in [-0.15, -0.1) is 0 Å². The van der Waals surface area contributed by atoms with Crippen molar-refractivity contribution in [2.24, 2.45) is 4.99 Å². The first kappa shape index (κ1) is 11.1. The number of hydrogen-bond donors (Lipinski definition) is 2. The lowest BCUT2D eigenvalue weighted by Crippen LogP contribution is -2.24. The molecule has 0 bridgehead atoms. The first-order valence-electron chi connectivity index (χ1n) is 4.61. The minimum Gasteiger partial charge on any atom is -0.340 e. The summed E-state index contributed by atoms with van der Waals surface area (Å²) in [6.45, 7) is 0. The molecule has 1 aliphatic heterocycles. The smallest absolute Gasteiger partial charge is 0.253 e. The Hall–Kier alpha value is -1.43. The van der Waals surface area contributed by atoms with Gasteiger partial charge in [-0.1, -0.05) is 15.9 Å². The molecule has 2 rings (SSSR count). The van der Waals surface area contributed by atoms with Crippen LogP contribution in [0.15, 0.2) is 27.7 Å². The highest BCUT2D eigenvalue weighted by atomic mass is 79.9. The number of carbonyl (C=O) groups is 1. The number of halogens is 2. The highest BCUT2D eigenvalue weighted by Crippen LogP contribution is 2.26. The second-order valence-electron chi connectivity index (χ2n) is 3.30. The lowest BCUT2D eigenvalue weighted by molar-refractivity contribution is -0.120. The molecular formula is C10H9BrFN3O. The van der Waals surface area contributed by atoms with Crippen molar-refractivity contribution in [3.63, 3.8) is 0 Å². The van der Waals surface area contributed by atoms with Crippen LogP contribution in [-0.2, 0) is 4.79 Å². The Bertz CT molecular complexity index is 475. The van der Waals surface area contributed by atoms with E-state index in [0.717, 1.165) is 0 Å². The number of hydrogen-bond acceptors (Lipinski definition) is 2. The predicted molar refractivity (Wildman–Crippen MR) is 61.5 cm³/mol. The summed E-state index contributed by atoms with van der Waals surface area (Å²) >= 11 is 3.28. The molecule has 16 heavy (non-hydrogen) atoms. The molecule has 1 aromatic carbocycles. The molecule has 1 fully saturated rings. The van der Waals surface area contributed by atoms with Crippen LogP contribution < -0.4 is 10.6 Å². The molecule has 84 valence electrons. The molecular weight excluding hydrogens is 277 g/mol. The highest BCUT2D eigenvalue weighted by molar-refractivity contribution is 9.10. The Labute approximate surface area is 100 Å². The lowest BCUT2D eigenvalue weighted by atomic mass is 10.1. The van der Waals surface area contributed by atoms with Crippen LogP contribution in [0, 0.1) is 5.82 Å². The third-order valence-electron chi connectivity index (χ3n) is 2.28. The monoisotopic (exact) mass is 285 g/mol. The lowest BCUT2D eigenvalue weighted by Gasteiger charge is -2.10. The quantitative estimate of drug-likeness (QED) is 0.818. The van der Waals surface area contributed by atoms with Gasteiger partial charge in [0.05, 0.1) is 0 Å². The zero-order chi connectivity index (χ0) is 11.7. The number of nitrogens with zero attached hydrogens (tertiary/aromatic N) is 1. The Morgan fingerprint density at radius 1 is 1.50 bits per heavy atom. The van der Waals surface area contributed by atoms with Crippen molar-refractivity contribution in [2.75, 3.05) is 7.05 Å². The number of benzene rings is 1. The number of rotatable bonds is 1. The molecule has 1 aliphatic rings. The summed E-state index contributed by atoms with van der Waals surface area (Å²) in [7, 11) is 1.56. The van der Waals surface area contributed by atoms with Gasteiger partial charge in [0, 0.05) is 17.1 Å². The number of aliphatic imine (C=N–C) groups is 1. The molecule has 1 saturated heterocycles. The van der Waals surface area contributed by atoms with Crippen molar-refractivity contribution in [3.05, 3.63) is 34.1 Å². The predicted octanol–water partition coefficient (Wildman–Crippen LogP) is 1.33. The highest BCUT2D eigenvalue weighted by Gasteiger charge is 2.30. The van der Waals surface area contributed by atoms with E-state index >= 15 is 0 Å². The van der Waals surface area contributed by atoms with E-state index in [1.807, 2.05) is 0 Å². The van der Waals surface area contributed by atoms with Gasteiger partial charge < -0.3 is 5.32 Å². The Balaban J connectivity index is 2.38. The molecule has 0 radical (unpaired) electrons. The molecule has 0 saturated carbocycles. The second kappa shape index (κ2) is 4.21. The SMILES string of the molecule is CN=C1NC(=O)C(c2cc(F)ccc2Br)N1. The molecule has 6 heteroatoms. The molecule has 1 atom stereocenters. The van der Waals surface area contributed by atoms with Gasteiger partial charge >= 0.3 is 0 Å². The van der Waals surface area contributed by atoms with Gasteiger partial charge in [0.1, 0.15) is 11.9 Å². The summed E-state index contributed by atoms with van der Waals surface area (Å²) in [5, 5.41) is 5.42. The molecule has 4 nitrogen and oxygen atoms in total. The van der Waals surface area contributed by atoms with Gasteiger partial charge in [-0.3, -0.25) is 15.1 Å². The van der Waals surface area contributed by atoms with Crippen LogP contribution in [0.1, 0.15) is 11.6 Å². The topological polar surface area (TPSA) is 53.5 Å². The molecule has 0 aliphatic carbocycles. The Kier molecular flexibility index (Phi) is 2.91. The maximum atomic E-state index is 13.1. The van der Waals surface area contributed by atoms with E-state index in [4.69, 9.17) is 0 Å². The van der Waals surface area contributed by atoms with Crippen LogP contribution in [0.3, 0.4) is 0 Å². The molecule has 1 amide bonds. The van der Waals surface area contributed by atoms with E-state index in [2.05, 4.69) is 31.6 Å². The normalized spacial score (nSPS) is 22.1. The van der Waals surface area contributed by atoms with Crippen LogP contribution in [0.25, 0.3) is 0 Å².